The molecule has 0 heterocycles. The van der Waals surface area contributed by atoms with Gasteiger partial charge in [0.1, 0.15) is 0 Å². The van der Waals surface area contributed by atoms with Gasteiger partial charge in [-0.15, -0.1) is 0 Å². The third-order valence-corrected chi connectivity index (χ3v) is 3.09. The number of rotatable bonds is 7. The van der Waals surface area contributed by atoms with Gasteiger partial charge in [0, 0.05) is 25.4 Å². The Morgan fingerprint density at radius 3 is 2.62 bits per heavy atom. The summed E-state index contributed by atoms with van der Waals surface area (Å²) < 4.78 is 0. The molecule has 0 aromatic carbocycles. The van der Waals surface area contributed by atoms with Crippen LogP contribution in [0.2, 0.25) is 0 Å². The maximum atomic E-state index is 11.5. The number of carboxylic acids is 1. The fraction of sp³-hybridized carbons (Fsp3) is 0.800. The van der Waals surface area contributed by atoms with E-state index in [0.29, 0.717) is 0 Å². The summed E-state index contributed by atoms with van der Waals surface area (Å²) in [5.74, 6) is 0.999. The Kier molecular flexibility index (Phi) is 7.80. The smallest absolute Gasteiger partial charge is 0.317 e. The Morgan fingerprint density at radius 2 is 2.12 bits per heavy atom. The van der Waals surface area contributed by atoms with Gasteiger partial charge >= 0.3 is 12.0 Å². The highest BCUT2D eigenvalue weighted by Gasteiger charge is 2.12. The summed E-state index contributed by atoms with van der Waals surface area (Å²) in [6.07, 6.45) is -0.0258. The van der Waals surface area contributed by atoms with Crippen molar-refractivity contribution >= 4 is 23.8 Å². The van der Waals surface area contributed by atoms with E-state index in [1.54, 1.807) is 18.8 Å². The van der Waals surface area contributed by atoms with Gasteiger partial charge < -0.3 is 15.3 Å². The minimum absolute atomic E-state index is 0.0258. The first-order valence-corrected chi connectivity index (χ1v) is 6.44. The molecule has 0 aromatic heterocycles. The van der Waals surface area contributed by atoms with Gasteiger partial charge in [0.15, 0.2) is 0 Å². The Morgan fingerprint density at radius 1 is 1.50 bits per heavy atom. The zero-order valence-corrected chi connectivity index (χ0v) is 10.8. The normalized spacial score (nSPS) is 11.9. The Labute approximate surface area is 101 Å². The molecule has 0 aliphatic rings. The van der Waals surface area contributed by atoms with Crippen LogP contribution >= 0.6 is 11.8 Å². The summed E-state index contributed by atoms with van der Waals surface area (Å²) in [7, 11) is 1.60. The number of carbonyl (C=O) groups is 2. The standard InChI is InChI=1S/C10H20N2O3S/c1-4-16-7-8(2)11-10(15)12(3)6-5-9(13)14/h8H,4-7H2,1-3H3,(H,11,15)(H,13,14). The van der Waals surface area contributed by atoms with E-state index in [9.17, 15) is 9.59 Å². The van der Waals surface area contributed by atoms with Crippen molar-refractivity contribution in [2.75, 3.05) is 25.1 Å². The molecule has 2 N–H and O–H groups in total. The number of carboxylic acid groups (broad SMARTS) is 1. The van der Waals surface area contributed by atoms with Crippen LogP contribution in [0.1, 0.15) is 20.3 Å². The quantitative estimate of drug-likeness (QED) is 0.711. The monoisotopic (exact) mass is 248 g/mol. The lowest BCUT2D eigenvalue weighted by Crippen LogP contribution is -2.43. The van der Waals surface area contributed by atoms with Crippen molar-refractivity contribution in [1.29, 1.82) is 0 Å². The van der Waals surface area contributed by atoms with Crippen LogP contribution in [-0.2, 0) is 4.79 Å². The van der Waals surface area contributed by atoms with Crippen molar-refractivity contribution < 1.29 is 14.7 Å². The number of urea groups is 1. The van der Waals surface area contributed by atoms with E-state index in [1.807, 2.05) is 6.92 Å². The summed E-state index contributed by atoms with van der Waals surface area (Å²) in [6, 6.07) is -0.116. The first-order valence-electron chi connectivity index (χ1n) is 5.28. The predicted octanol–water partition coefficient (Wildman–Crippen LogP) is 1.24. The molecule has 0 rings (SSSR count). The molecule has 2 amide bonds. The van der Waals surface area contributed by atoms with Crippen molar-refractivity contribution in [2.45, 2.75) is 26.3 Å². The maximum absolute atomic E-state index is 11.5. The van der Waals surface area contributed by atoms with Crippen LogP contribution in [0.5, 0.6) is 0 Å². The van der Waals surface area contributed by atoms with Gasteiger partial charge in [0.2, 0.25) is 0 Å². The minimum Gasteiger partial charge on any atom is -0.481 e. The molecule has 0 aromatic rings. The van der Waals surface area contributed by atoms with Gasteiger partial charge in [-0.3, -0.25) is 4.79 Å². The largest absolute Gasteiger partial charge is 0.481 e. The molecule has 1 unspecified atom stereocenters. The third-order valence-electron chi connectivity index (χ3n) is 1.95. The molecule has 1 atom stereocenters. The zero-order chi connectivity index (χ0) is 12.6. The van der Waals surface area contributed by atoms with Crippen LogP contribution in [0, 0.1) is 0 Å². The van der Waals surface area contributed by atoms with Crippen molar-refractivity contribution in [2.24, 2.45) is 0 Å². The van der Waals surface area contributed by atoms with Crippen LogP contribution in [0.25, 0.3) is 0 Å². The fourth-order valence-electron chi connectivity index (χ4n) is 1.02. The molecule has 0 bridgehead atoms. The number of nitrogens with zero attached hydrogens (tertiary/aromatic N) is 1. The molecule has 0 aliphatic carbocycles. The lowest BCUT2D eigenvalue weighted by Gasteiger charge is -2.20. The van der Waals surface area contributed by atoms with Gasteiger partial charge in [0.05, 0.1) is 6.42 Å². The van der Waals surface area contributed by atoms with Crippen molar-refractivity contribution in [3.8, 4) is 0 Å². The molecule has 94 valence electrons. The summed E-state index contributed by atoms with van der Waals surface area (Å²) in [5.41, 5.74) is 0. The minimum atomic E-state index is -0.894. The van der Waals surface area contributed by atoms with E-state index in [-0.39, 0.29) is 25.0 Å². The number of hydrogen-bond acceptors (Lipinski definition) is 3. The summed E-state index contributed by atoms with van der Waals surface area (Å²) in [6.45, 7) is 4.23. The topological polar surface area (TPSA) is 69.6 Å². The van der Waals surface area contributed by atoms with Gasteiger partial charge in [-0.25, -0.2) is 4.79 Å². The summed E-state index contributed by atoms with van der Waals surface area (Å²) in [4.78, 5) is 23.3. The Hall–Kier alpha value is -0.910. The second-order valence-corrected chi connectivity index (χ2v) is 4.89. The van der Waals surface area contributed by atoms with Crippen LogP contribution in [0.4, 0.5) is 4.79 Å². The van der Waals surface area contributed by atoms with Gasteiger partial charge in [0.25, 0.3) is 0 Å². The molecule has 0 radical (unpaired) electrons. The first-order chi connectivity index (χ1) is 7.47. The van der Waals surface area contributed by atoms with Gasteiger partial charge in [-0.1, -0.05) is 6.92 Å². The summed E-state index contributed by atoms with van der Waals surface area (Å²) >= 11 is 1.76. The van der Waals surface area contributed by atoms with Crippen LogP contribution in [0.3, 0.4) is 0 Å². The van der Waals surface area contributed by atoms with Gasteiger partial charge in [-0.05, 0) is 12.7 Å². The number of nitrogens with one attached hydrogen (secondary N) is 1. The second kappa shape index (κ2) is 8.27. The first kappa shape index (κ1) is 15.1. The lowest BCUT2D eigenvalue weighted by atomic mass is 10.4. The fourth-order valence-corrected chi connectivity index (χ4v) is 1.69. The molecule has 5 nitrogen and oxygen atoms in total. The molecule has 0 fully saturated rings. The molecular formula is C10H20N2O3S. The molecule has 6 heteroatoms. The molecule has 0 spiro atoms. The number of aliphatic carboxylic acids is 1. The van der Waals surface area contributed by atoms with E-state index in [2.05, 4.69) is 12.2 Å². The highest BCUT2D eigenvalue weighted by atomic mass is 32.2. The number of carbonyl (C=O) groups excluding carboxylic acids is 1. The average Bonchev–Trinajstić information content (AvgIpc) is 2.22. The molecule has 0 saturated carbocycles. The van der Waals surface area contributed by atoms with Crippen LogP contribution < -0.4 is 5.32 Å². The highest BCUT2D eigenvalue weighted by molar-refractivity contribution is 7.99. The van der Waals surface area contributed by atoms with Crippen LogP contribution in [0.15, 0.2) is 0 Å². The maximum Gasteiger partial charge on any atom is 0.317 e. The van der Waals surface area contributed by atoms with E-state index in [0.717, 1.165) is 11.5 Å². The number of hydrogen-bond donors (Lipinski definition) is 2. The van der Waals surface area contributed by atoms with E-state index >= 15 is 0 Å². The average molecular weight is 248 g/mol. The SMILES string of the molecule is CCSCC(C)NC(=O)N(C)CCC(=O)O. The summed E-state index contributed by atoms with van der Waals surface area (Å²) in [5, 5.41) is 11.3. The molecular weight excluding hydrogens is 228 g/mol. The molecule has 16 heavy (non-hydrogen) atoms. The number of thioether (sulfide) groups is 1. The molecule has 0 aliphatic heterocycles. The van der Waals surface area contributed by atoms with Gasteiger partial charge in [-0.2, -0.15) is 11.8 Å². The van der Waals surface area contributed by atoms with Crippen molar-refractivity contribution in [1.82, 2.24) is 10.2 Å². The van der Waals surface area contributed by atoms with Crippen molar-refractivity contribution in [3.05, 3.63) is 0 Å². The predicted molar refractivity (Wildman–Crippen MR) is 65.9 cm³/mol. The lowest BCUT2D eigenvalue weighted by molar-refractivity contribution is -0.137. The zero-order valence-electron chi connectivity index (χ0n) is 10.0. The Bertz CT molecular complexity index is 236. The van der Waals surface area contributed by atoms with Crippen molar-refractivity contribution in [3.63, 3.8) is 0 Å². The van der Waals surface area contributed by atoms with Crippen LogP contribution in [-0.4, -0.2) is 53.1 Å². The van der Waals surface area contributed by atoms with E-state index in [4.69, 9.17) is 5.11 Å². The highest BCUT2D eigenvalue weighted by Crippen LogP contribution is 2.01. The van der Waals surface area contributed by atoms with E-state index < -0.39 is 5.97 Å². The Balaban J connectivity index is 3.81. The third kappa shape index (κ3) is 7.39. The van der Waals surface area contributed by atoms with E-state index in [1.165, 1.54) is 4.90 Å². The molecule has 0 saturated heterocycles. The number of amides is 2. The second-order valence-electron chi connectivity index (χ2n) is 3.58.